The van der Waals surface area contributed by atoms with Crippen molar-refractivity contribution in [1.82, 2.24) is 4.57 Å². The van der Waals surface area contributed by atoms with E-state index >= 15 is 0 Å². The molecule has 0 aliphatic rings. The number of hydrogen-bond acceptors (Lipinski definition) is 4. The molecule has 0 aliphatic heterocycles. The van der Waals surface area contributed by atoms with Crippen molar-refractivity contribution >= 4 is 45.0 Å². The van der Waals surface area contributed by atoms with Gasteiger partial charge in [-0.15, -0.1) is 0 Å². The van der Waals surface area contributed by atoms with E-state index in [1.165, 1.54) is 10.6 Å². The molecule has 1 heterocycles. The van der Waals surface area contributed by atoms with Crippen LogP contribution in [0.2, 0.25) is 0 Å². The summed E-state index contributed by atoms with van der Waals surface area (Å²) in [7, 11) is 0. The molecule has 5 nitrogen and oxygen atoms in total. The Labute approximate surface area is 149 Å². The molecule has 128 valence electrons. The quantitative estimate of drug-likeness (QED) is 0.556. The fourth-order valence-corrected chi connectivity index (χ4v) is 2.53. The maximum Gasteiger partial charge on any atom is 0.419 e. The second-order valence-electron chi connectivity index (χ2n) is 6.18. The van der Waals surface area contributed by atoms with E-state index in [2.05, 4.69) is 15.9 Å². The summed E-state index contributed by atoms with van der Waals surface area (Å²) < 4.78 is 12.6. The fourth-order valence-electron chi connectivity index (χ4n) is 2.17. The van der Waals surface area contributed by atoms with E-state index < -0.39 is 17.7 Å². The second kappa shape index (κ2) is 7.21. The van der Waals surface area contributed by atoms with E-state index in [-0.39, 0.29) is 0 Å². The normalized spacial score (nSPS) is 11.9. The van der Waals surface area contributed by atoms with Gasteiger partial charge in [0.05, 0.1) is 12.1 Å². The van der Waals surface area contributed by atoms with Gasteiger partial charge in [-0.2, -0.15) is 0 Å². The standard InChI is InChI=1S/C18H20BrNO4/c1-5-23-16(21)9-6-12-11-20(17(22)24-18(2,3)4)15-8-7-13(19)10-14(12)15/h6-11H,5H2,1-4H3/b9-6-. The molecule has 6 heteroatoms. The van der Waals surface area contributed by atoms with Crippen LogP contribution in [0.25, 0.3) is 17.0 Å². The predicted molar refractivity (Wildman–Crippen MR) is 96.9 cm³/mol. The van der Waals surface area contributed by atoms with Gasteiger partial charge in [-0.3, -0.25) is 4.57 Å². The van der Waals surface area contributed by atoms with Gasteiger partial charge in [-0.25, -0.2) is 9.59 Å². The summed E-state index contributed by atoms with van der Waals surface area (Å²) in [4.78, 5) is 24.0. The van der Waals surface area contributed by atoms with Crippen LogP contribution >= 0.6 is 15.9 Å². The molecule has 1 aromatic carbocycles. The van der Waals surface area contributed by atoms with Crippen molar-refractivity contribution in [3.05, 3.63) is 40.5 Å². The molecule has 0 amide bonds. The maximum absolute atomic E-state index is 12.4. The molecule has 1 aromatic heterocycles. The van der Waals surface area contributed by atoms with Crippen molar-refractivity contribution < 1.29 is 19.1 Å². The van der Waals surface area contributed by atoms with Crippen LogP contribution in [0.4, 0.5) is 4.79 Å². The number of halogens is 1. The molecule has 0 fully saturated rings. The SMILES string of the molecule is CCOC(=O)/C=C\c1cn(C(=O)OC(C)(C)C)c2ccc(Br)cc12. The first-order chi connectivity index (χ1) is 11.2. The zero-order valence-electron chi connectivity index (χ0n) is 14.1. The van der Waals surface area contributed by atoms with Crippen molar-refractivity contribution in [2.45, 2.75) is 33.3 Å². The summed E-state index contributed by atoms with van der Waals surface area (Å²) in [6.45, 7) is 7.50. The molecule has 0 saturated carbocycles. The van der Waals surface area contributed by atoms with E-state index in [9.17, 15) is 9.59 Å². The molecule has 0 radical (unpaired) electrons. The third kappa shape index (κ3) is 4.47. The topological polar surface area (TPSA) is 57.5 Å². The van der Waals surface area contributed by atoms with Gasteiger partial charge in [0.15, 0.2) is 0 Å². The van der Waals surface area contributed by atoms with Crippen molar-refractivity contribution in [2.24, 2.45) is 0 Å². The first-order valence-electron chi connectivity index (χ1n) is 7.60. The summed E-state index contributed by atoms with van der Waals surface area (Å²) in [5.41, 5.74) is 0.838. The Kier molecular flexibility index (Phi) is 5.49. The lowest BCUT2D eigenvalue weighted by molar-refractivity contribution is -0.137. The van der Waals surface area contributed by atoms with Crippen LogP contribution < -0.4 is 0 Å². The lowest BCUT2D eigenvalue weighted by Crippen LogP contribution is -2.26. The largest absolute Gasteiger partial charge is 0.463 e. The van der Waals surface area contributed by atoms with Gasteiger partial charge in [-0.05, 0) is 52.0 Å². The third-order valence-corrected chi connectivity index (χ3v) is 3.57. The summed E-state index contributed by atoms with van der Waals surface area (Å²) >= 11 is 3.43. The zero-order chi connectivity index (χ0) is 17.9. The summed E-state index contributed by atoms with van der Waals surface area (Å²) in [6, 6.07) is 5.56. The molecule has 2 rings (SSSR count). The van der Waals surface area contributed by atoms with Gasteiger partial charge in [0, 0.05) is 27.7 Å². The first kappa shape index (κ1) is 18.3. The van der Waals surface area contributed by atoms with Crippen molar-refractivity contribution in [3.8, 4) is 0 Å². The molecule has 0 saturated heterocycles. The maximum atomic E-state index is 12.4. The van der Waals surface area contributed by atoms with Crippen LogP contribution in [0.15, 0.2) is 34.9 Å². The molecular formula is C18H20BrNO4. The van der Waals surface area contributed by atoms with Crippen molar-refractivity contribution in [3.63, 3.8) is 0 Å². The average molecular weight is 394 g/mol. The average Bonchev–Trinajstić information content (AvgIpc) is 2.82. The summed E-state index contributed by atoms with van der Waals surface area (Å²) in [5, 5.41) is 0.829. The van der Waals surface area contributed by atoms with Gasteiger partial charge in [0.25, 0.3) is 0 Å². The molecule has 2 aromatic rings. The van der Waals surface area contributed by atoms with E-state index in [0.717, 1.165) is 15.4 Å². The monoisotopic (exact) mass is 393 g/mol. The number of fused-ring (bicyclic) bond motifs is 1. The van der Waals surface area contributed by atoms with Crippen LogP contribution in [-0.2, 0) is 14.3 Å². The van der Waals surface area contributed by atoms with Crippen LogP contribution in [0.5, 0.6) is 0 Å². The number of carbonyl (C=O) groups is 2. The van der Waals surface area contributed by atoms with Crippen LogP contribution in [-0.4, -0.2) is 28.8 Å². The van der Waals surface area contributed by atoms with E-state index in [1.54, 1.807) is 19.2 Å². The Hall–Kier alpha value is -2.08. The number of hydrogen-bond donors (Lipinski definition) is 0. The number of esters is 1. The summed E-state index contributed by atoms with van der Waals surface area (Å²) in [6.07, 6.45) is 4.17. The van der Waals surface area contributed by atoms with Crippen molar-refractivity contribution in [2.75, 3.05) is 6.61 Å². The van der Waals surface area contributed by atoms with Gasteiger partial charge >= 0.3 is 12.1 Å². The second-order valence-corrected chi connectivity index (χ2v) is 7.10. The Morgan fingerprint density at radius 3 is 2.62 bits per heavy atom. The Morgan fingerprint density at radius 2 is 2.00 bits per heavy atom. The molecule has 0 atom stereocenters. The predicted octanol–water partition coefficient (Wildman–Crippen LogP) is 4.76. The minimum absolute atomic E-state index is 0.314. The van der Waals surface area contributed by atoms with Gasteiger partial charge in [0.2, 0.25) is 0 Å². The number of nitrogens with zero attached hydrogens (tertiary/aromatic N) is 1. The van der Waals surface area contributed by atoms with E-state index in [1.807, 2.05) is 39.0 Å². The minimum atomic E-state index is -0.593. The molecule has 0 bridgehead atoms. The molecule has 0 N–H and O–H groups in total. The molecule has 0 spiro atoms. The van der Waals surface area contributed by atoms with E-state index in [4.69, 9.17) is 9.47 Å². The van der Waals surface area contributed by atoms with Gasteiger partial charge in [0.1, 0.15) is 5.60 Å². The van der Waals surface area contributed by atoms with Crippen LogP contribution in [0.1, 0.15) is 33.3 Å². The molecule has 0 aliphatic carbocycles. The lowest BCUT2D eigenvalue weighted by Gasteiger charge is -2.19. The number of carbonyl (C=O) groups excluding carboxylic acids is 2. The first-order valence-corrected chi connectivity index (χ1v) is 8.39. The summed E-state index contributed by atoms with van der Waals surface area (Å²) in [5.74, 6) is -0.425. The lowest BCUT2D eigenvalue weighted by atomic mass is 10.1. The number of rotatable bonds is 3. The fraction of sp³-hybridized carbons (Fsp3) is 0.333. The van der Waals surface area contributed by atoms with E-state index in [0.29, 0.717) is 12.1 Å². The highest BCUT2D eigenvalue weighted by Crippen LogP contribution is 2.27. The Balaban J connectivity index is 2.47. The minimum Gasteiger partial charge on any atom is -0.463 e. The van der Waals surface area contributed by atoms with Gasteiger partial charge < -0.3 is 9.47 Å². The van der Waals surface area contributed by atoms with Crippen molar-refractivity contribution in [1.29, 1.82) is 0 Å². The highest BCUT2D eigenvalue weighted by atomic mass is 79.9. The number of ether oxygens (including phenoxy) is 2. The highest BCUT2D eigenvalue weighted by molar-refractivity contribution is 9.10. The molecule has 0 unspecified atom stereocenters. The third-order valence-electron chi connectivity index (χ3n) is 3.07. The smallest absolute Gasteiger partial charge is 0.419 e. The van der Waals surface area contributed by atoms with Gasteiger partial charge in [-0.1, -0.05) is 15.9 Å². The Morgan fingerprint density at radius 1 is 1.29 bits per heavy atom. The Bertz CT molecular complexity index is 799. The molecule has 24 heavy (non-hydrogen) atoms. The zero-order valence-corrected chi connectivity index (χ0v) is 15.7. The number of aromatic nitrogens is 1. The highest BCUT2D eigenvalue weighted by Gasteiger charge is 2.20. The van der Waals surface area contributed by atoms with Crippen LogP contribution in [0, 0.1) is 0 Å². The van der Waals surface area contributed by atoms with Crippen LogP contribution in [0.3, 0.4) is 0 Å². The number of benzene rings is 1. The molecular weight excluding hydrogens is 374 g/mol.